The van der Waals surface area contributed by atoms with E-state index < -0.39 is 23.1 Å². The molecule has 1 heterocycles. The second-order valence-corrected chi connectivity index (χ2v) is 5.38. The summed E-state index contributed by atoms with van der Waals surface area (Å²) in [6.45, 7) is 0. The van der Waals surface area contributed by atoms with E-state index in [2.05, 4.69) is 10.3 Å². The molecule has 2 nitrogen and oxygen atoms in total. The average molecular weight is 315 g/mol. The van der Waals surface area contributed by atoms with E-state index in [1.807, 2.05) is 0 Å². The van der Waals surface area contributed by atoms with Crippen molar-refractivity contribution in [2.24, 2.45) is 0 Å². The largest absolute Gasteiger partial charge is 0.327 e. The minimum Gasteiger partial charge on any atom is -0.327 e. The highest BCUT2D eigenvalue weighted by Crippen LogP contribution is 2.34. The third kappa shape index (κ3) is 2.32. The Morgan fingerprint density at radius 3 is 2.45 bits per heavy atom. The van der Waals surface area contributed by atoms with E-state index >= 15 is 0 Å². The van der Waals surface area contributed by atoms with Gasteiger partial charge in [0.15, 0.2) is 16.8 Å². The maximum absolute atomic E-state index is 13.5. The number of rotatable bonds is 2. The molecule has 2 aromatic carbocycles. The summed E-state index contributed by atoms with van der Waals surface area (Å²) >= 11 is 7.16. The minimum absolute atomic E-state index is 0.275. The molecule has 0 atom stereocenters. The fraction of sp³-hybridized carbons (Fsp3) is 0. The lowest BCUT2D eigenvalue weighted by atomic mass is 10.3. The van der Waals surface area contributed by atoms with E-state index in [4.69, 9.17) is 11.6 Å². The topological polar surface area (TPSA) is 24.9 Å². The van der Waals surface area contributed by atoms with Gasteiger partial charge < -0.3 is 5.32 Å². The summed E-state index contributed by atoms with van der Waals surface area (Å²) in [4.78, 5) is 4.17. The van der Waals surface area contributed by atoms with Gasteiger partial charge in [0.25, 0.3) is 0 Å². The Hall–Kier alpha value is -1.79. The Morgan fingerprint density at radius 2 is 1.80 bits per heavy atom. The van der Waals surface area contributed by atoms with Gasteiger partial charge >= 0.3 is 0 Å². The van der Waals surface area contributed by atoms with E-state index in [-0.39, 0.29) is 5.13 Å². The van der Waals surface area contributed by atoms with Gasteiger partial charge in [-0.1, -0.05) is 29.0 Å². The summed E-state index contributed by atoms with van der Waals surface area (Å²) in [5.41, 5.74) is 0.175. The van der Waals surface area contributed by atoms with E-state index in [9.17, 15) is 13.2 Å². The zero-order valence-electron chi connectivity index (χ0n) is 9.75. The molecule has 0 radical (unpaired) electrons. The van der Waals surface area contributed by atoms with Crippen LogP contribution in [-0.4, -0.2) is 4.98 Å². The van der Waals surface area contributed by atoms with Crippen LogP contribution in [0.1, 0.15) is 0 Å². The molecule has 20 heavy (non-hydrogen) atoms. The highest BCUT2D eigenvalue weighted by molar-refractivity contribution is 7.22. The molecule has 0 fully saturated rings. The molecule has 0 spiro atoms. The normalized spacial score (nSPS) is 11.0. The molecule has 0 bridgehead atoms. The Labute approximate surface area is 120 Å². The van der Waals surface area contributed by atoms with Crippen molar-refractivity contribution in [3.8, 4) is 0 Å². The number of thiazole rings is 1. The molecule has 7 heteroatoms. The van der Waals surface area contributed by atoms with Gasteiger partial charge in [0.1, 0.15) is 11.5 Å². The predicted octanol–water partition coefficient (Wildman–Crippen LogP) is 5.11. The first-order valence-corrected chi connectivity index (χ1v) is 6.70. The number of nitrogens with one attached hydrogen (secondary N) is 1. The van der Waals surface area contributed by atoms with Crippen molar-refractivity contribution >= 4 is 44.0 Å². The van der Waals surface area contributed by atoms with Gasteiger partial charge in [-0.05, 0) is 12.1 Å². The van der Waals surface area contributed by atoms with Gasteiger partial charge in [0.2, 0.25) is 0 Å². The van der Waals surface area contributed by atoms with Crippen LogP contribution in [0.25, 0.3) is 10.2 Å². The number of aromatic nitrogens is 1. The van der Waals surface area contributed by atoms with Crippen molar-refractivity contribution in [1.82, 2.24) is 4.98 Å². The van der Waals surface area contributed by atoms with Crippen LogP contribution in [0.15, 0.2) is 30.3 Å². The van der Waals surface area contributed by atoms with E-state index in [1.165, 1.54) is 0 Å². The minimum atomic E-state index is -1.02. The Kier molecular flexibility index (Phi) is 3.27. The molecular weight excluding hydrogens is 309 g/mol. The number of halogens is 4. The Morgan fingerprint density at radius 1 is 1.10 bits per heavy atom. The van der Waals surface area contributed by atoms with Crippen molar-refractivity contribution in [2.45, 2.75) is 0 Å². The highest BCUT2D eigenvalue weighted by Gasteiger charge is 2.14. The van der Waals surface area contributed by atoms with Crippen molar-refractivity contribution < 1.29 is 13.2 Å². The van der Waals surface area contributed by atoms with Gasteiger partial charge in [-0.25, -0.2) is 18.2 Å². The molecule has 0 amide bonds. The lowest BCUT2D eigenvalue weighted by Gasteiger charge is -2.05. The van der Waals surface area contributed by atoms with Crippen molar-refractivity contribution in [3.05, 3.63) is 52.8 Å². The van der Waals surface area contributed by atoms with Crippen LogP contribution >= 0.6 is 22.9 Å². The summed E-state index contributed by atoms with van der Waals surface area (Å²) in [6.07, 6.45) is 0. The Bertz CT molecular complexity index is 780. The van der Waals surface area contributed by atoms with Crippen LogP contribution in [-0.2, 0) is 0 Å². The van der Waals surface area contributed by atoms with Crippen LogP contribution in [0, 0.1) is 17.5 Å². The second-order valence-electron chi connectivity index (χ2n) is 3.98. The molecule has 0 unspecified atom stereocenters. The first-order valence-electron chi connectivity index (χ1n) is 5.51. The number of anilines is 2. The summed E-state index contributed by atoms with van der Waals surface area (Å²) in [7, 11) is 0. The molecule has 0 aliphatic rings. The molecule has 3 rings (SSSR count). The molecule has 0 aliphatic heterocycles. The maximum Gasteiger partial charge on any atom is 0.188 e. The van der Waals surface area contributed by atoms with Crippen LogP contribution < -0.4 is 5.32 Å². The third-order valence-electron chi connectivity index (χ3n) is 2.61. The second kappa shape index (κ2) is 4.96. The summed E-state index contributed by atoms with van der Waals surface area (Å²) in [5.74, 6) is -3.02. The molecule has 1 N–H and O–H groups in total. The van der Waals surface area contributed by atoms with Crippen LogP contribution in [0.3, 0.4) is 0 Å². The number of hydrogen-bond donors (Lipinski definition) is 1. The SMILES string of the molecule is Fc1cc(F)c(Nc2nc3cccc(Cl)c3s2)c(F)c1. The quantitative estimate of drug-likeness (QED) is 0.711. The van der Waals surface area contributed by atoms with Gasteiger partial charge in [-0.3, -0.25) is 0 Å². The first kappa shape index (κ1) is 13.2. The van der Waals surface area contributed by atoms with E-state index in [0.29, 0.717) is 27.4 Å². The smallest absolute Gasteiger partial charge is 0.188 e. The van der Waals surface area contributed by atoms with E-state index in [0.717, 1.165) is 11.3 Å². The predicted molar refractivity (Wildman–Crippen MR) is 74.2 cm³/mol. The summed E-state index contributed by atoms with van der Waals surface area (Å²) in [6, 6.07) is 6.37. The summed E-state index contributed by atoms with van der Waals surface area (Å²) in [5, 5.41) is 3.30. The van der Waals surface area contributed by atoms with Gasteiger partial charge in [-0.15, -0.1) is 0 Å². The van der Waals surface area contributed by atoms with Crippen molar-refractivity contribution in [3.63, 3.8) is 0 Å². The van der Waals surface area contributed by atoms with Crippen LogP contribution in [0.4, 0.5) is 24.0 Å². The fourth-order valence-corrected chi connectivity index (χ4v) is 2.90. The zero-order valence-corrected chi connectivity index (χ0v) is 11.3. The fourth-order valence-electron chi connectivity index (χ4n) is 1.74. The zero-order chi connectivity index (χ0) is 14.3. The summed E-state index contributed by atoms with van der Waals surface area (Å²) < 4.78 is 40.6. The molecule has 0 aliphatic carbocycles. The van der Waals surface area contributed by atoms with Crippen molar-refractivity contribution in [2.75, 3.05) is 5.32 Å². The molecule has 102 valence electrons. The van der Waals surface area contributed by atoms with Gasteiger partial charge in [0.05, 0.1) is 15.2 Å². The highest BCUT2D eigenvalue weighted by atomic mass is 35.5. The lowest BCUT2D eigenvalue weighted by Crippen LogP contribution is -1.98. The molecule has 3 aromatic rings. The van der Waals surface area contributed by atoms with Gasteiger partial charge in [0, 0.05) is 12.1 Å². The van der Waals surface area contributed by atoms with Crippen LogP contribution in [0.5, 0.6) is 0 Å². The lowest BCUT2D eigenvalue weighted by molar-refractivity contribution is 0.549. The molecule has 0 saturated carbocycles. The molecule has 1 aromatic heterocycles. The molecule has 0 saturated heterocycles. The Balaban J connectivity index is 2.04. The monoisotopic (exact) mass is 314 g/mol. The van der Waals surface area contributed by atoms with Crippen molar-refractivity contribution in [1.29, 1.82) is 0 Å². The van der Waals surface area contributed by atoms with E-state index in [1.54, 1.807) is 18.2 Å². The first-order chi connectivity index (χ1) is 9.54. The number of benzene rings is 2. The number of nitrogens with zero attached hydrogens (tertiary/aromatic N) is 1. The maximum atomic E-state index is 13.5. The standard InChI is InChI=1S/C13H6ClF3N2S/c14-7-2-1-3-10-12(7)20-13(18-10)19-11-8(16)4-6(15)5-9(11)17/h1-5H,(H,18,19). The molecular formula is C13H6ClF3N2S. The van der Waals surface area contributed by atoms with Crippen LogP contribution in [0.2, 0.25) is 5.02 Å². The number of fused-ring (bicyclic) bond motifs is 1. The third-order valence-corrected chi connectivity index (χ3v) is 4.05. The van der Waals surface area contributed by atoms with Gasteiger partial charge in [-0.2, -0.15) is 0 Å². The number of hydrogen-bond acceptors (Lipinski definition) is 3. The average Bonchev–Trinajstić information content (AvgIpc) is 2.78.